The number of hydrogen-bond donors (Lipinski definition) is 0. The lowest BCUT2D eigenvalue weighted by Crippen LogP contribution is -2.30. The van der Waals surface area contributed by atoms with E-state index in [9.17, 15) is 4.79 Å². The average molecular weight is 351 g/mol. The van der Waals surface area contributed by atoms with Gasteiger partial charge in [0, 0.05) is 13.6 Å². The van der Waals surface area contributed by atoms with Crippen molar-refractivity contribution in [3.8, 4) is 11.5 Å². The number of fused-ring (bicyclic) bond motifs is 2. The number of ether oxygens (including phenoxy) is 2. The number of aromatic nitrogens is 2. The van der Waals surface area contributed by atoms with E-state index in [4.69, 9.17) is 9.47 Å². The molecule has 0 saturated heterocycles. The second-order valence-corrected chi connectivity index (χ2v) is 6.46. The molecule has 2 aromatic carbocycles. The van der Waals surface area contributed by atoms with Crippen molar-refractivity contribution in [3.63, 3.8) is 0 Å². The number of carbonyl (C=O) groups is 1. The van der Waals surface area contributed by atoms with Gasteiger partial charge in [-0.2, -0.15) is 0 Å². The SMILES string of the molecule is Cc1nc2ccccc2n1CC(=O)N(C)Cc1ccc2c(c1)OCCO2. The van der Waals surface area contributed by atoms with Gasteiger partial charge in [0.2, 0.25) is 5.91 Å². The molecule has 0 saturated carbocycles. The fourth-order valence-corrected chi connectivity index (χ4v) is 3.20. The molecule has 6 heteroatoms. The lowest BCUT2D eigenvalue weighted by Gasteiger charge is -2.21. The van der Waals surface area contributed by atoms with Crippen LogP contribution in [0.25, 0.3) is 11.0 Å². The average Bonchev–Trinajstić information content (AvgIpc) is 2.97. The molecule has 1 aliphatic rings. The first-order chi connectivity index (χ1) is 12.6. The summed E-state index contributed by atoms with van der Waals surface area (Å²) >= 11 is 0. The molecule has 6 nitrogen and oxygen atoms in total. The van der Waals surface area contributed by atoms with Crippen LogP contribution in [0.2, 0.25) is 0 Å². The third kappa shape index (κ3) is 3.10. The lowest BCUT2D eigenvalue weighted by molar-refractivity contribution is -0.131. The van der Waals surface area contributed by atoms with Crippen LogP contribution in [0.4, 0.5) is 0 Å². The number of rotatable bonds is 4. The van der Waals surface area contributed by atoms with Gasteiger partial charge in [0.1, 0.15) is 25.6 Å². The van der Waals surface area contributed by atoms with Crippen LogP contribution in [0, 0.1) is 6.92 Å². The van der Waals surface area contributed by atoms with Gasteiger partial charge >= 0.3 is 0 Å². The Balaban J connectivity index is 1.48. The fourth-order valence-electron chi connectivity index (χ4n) is 3.20. The van der Waals surface area contributed by atoms with Gasteiger partial charge in [-0.15, -0.1) is 0 Å². The molecule has 4 rings (SSSR count). The number of carbonyl (C=O) groups excluding carboxylic acids is 1. The van der Waals surface area contributed by atoms with Crippen LogP contribution >= 0.6 is 0 Å². The molecule has 2 heterocycles. The molecule has 0 spiro atoms. The smallest absolute Gasteiger partial charge is 0.242 e. The molecule has 0 fully saturated rings. The summed E-state index contributed by atoms with van der Waals surface area (Å²) in [5, 5.41) is 0. The Bertz CT molecular complexity index is 964. The van der Waals surface area contributed by atoms with Crippen molar-refractivity contribution in [1.29, 1.82) is 0 Å². The first kappa shape index (κ1) is 16.4. The zero-order chi connectivity index (χ0) is 18.1. The highest BCUT2D eigenvalue weighted by molar-refractivity contribution is 5.81. The van der Waals surface area contributed by atoms with Crippen molar-refractivity contribution in [2.75, 3.05) is 20.3 Å². The summed E-state index contributed by atoms with van der Waals surface area (Å²) < 4.78 is 13.1. The third-order valence-electron chi connectivity index (χ3n) is 4.59. The normalized spacial score (nSPS) is 13.0. The minimum absolute atomic E-state index is 0.0335. The van der Waals surface area contributed by atoms with Crippen LogP contribution in [0.1, 0.15) is 11.4 Å². The van der Waals surface area contributed by atoms with Crippen LogP contribution in [-0.4, -0.2) is 40.6 Å². The molecule has 0 N–H and O–H groups in total. The number of nitrogens with zero attached hydrogens (tertiary/aromatic N) is 3. The third-order valence-corrected chi connectivity index (χ3v) is 4.59. The van der Waals surface area contributed by atoms with Gasteiger partial charge in [-0.1, -0.05) is 18.2 Å². The van der Waals surface area contributed by atoms with Crippen LogP contribution in [-0.2, 0) is 17.9 Å². The number of likely N-dealkylation sites (N-methyl/N-ethyl adjacent to an activating group) is 1. The summed E-state index contributed by atoms with van der Waals surface area (Å²) in [5.74, 6) is 2.37. The van der Waals surface area contributed by atoms with Gasteiger partial charge in [0.25, 0.3) is 0 Å². The zero-order valence-electron chi connectivity index (χ0n) is 14.9. The highest BCUT2D eigenvalue weighted by Crippen LogP contribution is 2.31. The molecular weight excluding hydrogens is 330 g/mol. The first-order valence-corrected chi connectivity index (χ1v) is 8.66. The maximum Gasteiger partial charge on any atom is 0.242 e. The largest absolute Gasteiger partial charge is 0.486 e. The minimum Gasteiger partial charge on any atom is -0.486 e. The molecule has 0 unspecified atom stereocenters. The van der Waals surface area contributed by atoms with Gasteiger partial charge in [-0.05, 0) is 36.8 Å². The van der Waals surface area contributed by atoms with Gasteiger partial charge in [0.05, 0.1) is 11.0 Å². The van der Waals surface area contributed by atoms with E-state index >= 15 is 0 Å². The Morgan fingerprint density at radius 1 is 1.15 bits per heavy atom. The van der Waals surface area contributed by atoms with E-state index in [0.29, 0.717) is 19.8 Å². The Hall–Kier alpha value is -3.02. The topological polar surface area (TPSA) is 56.6 Å². The van der Waals surface area contributed by atoms with Crippen molar-refractivity contribution in [2.24, 2.45) is 0 Å². The van der Waals surface area contributed by atoms with Crippen molar-refractivity contribution in [3.05, 3.63) is 53.9 Å². The maximum atomic E-state index is 12.7. The second-order valence-electron chi connectivity index (χ2n) is 6.46. The standard InChI is InChI=1S/C20H21N3O3/c1-14-21-16-5-3-4-6-17(16)23(14)13-20(24)22(2)12-15-7-8-18-19(11-15)26-10-9-25-18/h3-8,11H,9-10,12-13H2,1-2H3. The van der Waals surface area contributed by atoms with E-state index in [-0.39, 0.29) is 12.5 Å². The van der Waals surface area contributed by atoms with Crippen molar-refractivity contribution in [1.82, 2.24) is 14.5 Å². The molecular formula is C20H21N3O3. The van der Waals surface area contributed by atoms with Gasteiger partial charge in [-0.3, -0.25) is 4.79 Å². The van der Waals surface area contributed by atoms with Gasteiger partial charge in [-0.25, -0.2) is 4.98 Å². The minimum atomic E-state index is 0.0335. The Labute approximate surface area is 152 Å². The van der Waals surface area contributed by atoms with Gasteiger partial charge in [0.15, 0.2) is 11.5 Å². The highest BCUT2D eigenvalue weighted by atomic mass is 16.6. The van der Waals surface area contributed by atoms with Crippen molar-refractivity contribution < 1.29 is 14.3 Å². The van der Waals surface area contributed by atoms with Crippen molar-refractivity contribution >= 4 is 16.9 Å². The van der Waals surface area contributed by atoms with Gasteiger partial charge < -0.3 is 18.9 Å². The van der Waals surface area contributed by atoms with E-state index in [0.717, 1.165) is 33.9 Å². The summed E-state index contributed by atoms with van der Waals surface area (Å²) in [6.07, 6.45) is 0. The van der Waals surface area contributed by atoms with E-state index in [1.165, 1.54) is 0 Å². The monoisotopic (exact) mass is 351 g/mol. The summed E-state index contributed by atoms with van der Waals surface area (Å²) in [6.45, 7) is 3.84. The molecule has 0 aliphatic carbocycles. The summed E-state index contributed by atoms with van der Waals surface area (Å²) in [5.41, 5.74) is 2.90. The quantitative estimate of drug-likeness (QED) is 0.725. The van der Waals surface area contributed by atoms with E-state index < -0.39 is 0 Å². The Kier molecular flexibility index (Phi) is 4.24. The number of aryl methyl sites for hydroxylation is 1. The number of imidazole rings is 1. The Morgan fingerprint density at radius 3 is 2.77 bits per heavy atom. The van der Waals surface area contributed by atoms with Crippen LogP contribution in [0.5, 0.6) is 11.5 Å². The number of para-hydroxylation sites is 2. The molecule has 1 amide bonds. The van der Waals surface area contributed by atoms with Crippen LogP contribution in [0.3, 0.4) is 0 Å². The van der Waals surface area contributed by atoms with Crippen molar-refractivity contribution in [2.45, 2.75) is 20.0 Å². The predicted molar refractivity (Wildman–Crippen MR) is 98.4 cm³/mol. The van der Waals surface area contributed by atoms with Crippen LogP contribution < -0.4 is 9.47 Å². The predicted octanol–water partition coefficient (Wildman–Crippen LogP) is 2.77. The molecule has 1 aliphatic heterocycles. The van der Waals surface area contributed by atoms with E-state index in [1.807, 2.05) is 61.0 Å². The molecule has 0 bridgehead atoms. The molecule has 0 radical (unpaired) electrons. The molecule has 0 atom stereocenters. The molecule has 3 aromatic rings. The van der Waals surface area contributed by atoms with E-state index in [2.05, 4.69) is 4.98 Å². The maximum absolute atomic E-state index is 12.7. The Morgan fingerprint density at radius 2 is 1.92 bits per heavy atom. The fraction of sp³-hybridized carbons (Fsp3) is 0.300. The number of amides is 1. The molecule has 1 aromatic heterocycles. The highest BCUT2D eigenvalue weighted by Gasteiger charge is 2.16. The van der Waals surface area contributed by atoms with E-state index in [1.54, 1.807) is 4.90 Å². The number of hydrogen-bond acceptors (Lipinski definition) is 4. The second kappa shape index (κ2) is 6.71. The lowest BCUT2D eigenvalue weighted by atomic mass is 10.2. The molecule has 26 heavy (non-hydrogen) atoms. The van der Waals surface area contributed by atoms with Crippen LogP contribution in [0.15, 0.2) is 42.5 Å². The summed E-state index contributed by atoms with van der Waals surface area (Å²) in [6, 6.07) is 13.7. The summed E-state index contributed by atoms with van der Waals surface area (Å²) in [4.78, 5) is 19.0. The zero-order valence-corrected chi connectivity index (χ0v) is 14.9. The first-order valence-electron chi connectivity index (χ1n) is 8.66. The number of benzene rings is 2. The molecule has 134 valence electrons. The summed E-state index contributed by atoms with van der Waals surface area (Å²) in [7, 11) is 1.81.